The van der Waals surface area contributed by atoms with Crippen molar-refractivity contribution in [3.63, 3.8) is 0 Å². The van der Waals surface area contributed by atoms with Crippen molar-refractivity contribution in [1.82, 2.24) is 0 Å². The Hall–Kier alpha value is -1.99. The number of carbonyl (C=O) groups is 2. The summed E-state index contributed by atoms with van der Waals surface area (Å²) < 4.78 is 10.3. The maximum atomic E-state index is 11.8. The van der Waals surface area contributed by atoms with Gasteiger partial charge >= 0.3 is 5.97 Å². The largest absolute Gasteiger partial charge is 0.494 e. The van der Waals surface area contributed by atoms with Crippen LogP contribution >= 0.6 is 23.1 Å². The average molecular weight is 365 g/mol. The van der Waals surface area contributed by atoms with E-state index < -0.39 is 5.97 Å². The standard InChI is InChI=1S/C17H19NO4S2/c1-2-21-14-7-5-13(6-8-14)18-16(19)10-22-17(20)12-23-11-15-4-3-9-24-15/h3-9H,2,10-12H2,1H3,(H,18,19). The van der Waals surface area contributed by atoms with E-state index in [2.05, 4.69) is 5.32 Å². The number of hydrogen-bond acceptors (Lipinski definition) is 6. The van der Waals surface area contributed by atoms with Crippen molar-refractivity contribution in [1.29, 1.82) is 0 Å². The maximum absolute atomic E-state index is 11.8. The second-order valence-electron chi connectivity index (χ2n) is 4.74. The predicted octanol–water partition coefficient (Wildman–Crippen LogP) is 3.56. The summed E-state index contributed by atoms with van der Waals surface area (Å²) in [6, 6.07) is 11.0. The molecule has 128 valence electrons. The SMILES string of the molecule is CCOc1ccc(NC(=O)COC(=O)CSCc2cccs2)cc1. The number of carbonyl (C=O) groups excluding carboxylic acids is 2. The summed E-state index contributed by atoms with van der Waals surface area (Å²) in [5, 5.41) is 4.67. The minimum atomic E-state index is -0.390. The quantitative estimate of drug-likeness (QED) is 0.688. The lowest BCUT2D eigenvalue weighted by atomic mass is 10.3. The molecule has 1 aromatic carbocycles. The van der Waals surface area contributed by atoms with E-state index in [-0.39, 0.29) is 18.3 Å². The molecule has 2 aromatic rings. The first-order valence-electron chi connectivity index (χ1n) is 7.46. The molecule has 0 atom stereocenters. The fraction of sp³-hybridized carbons (Fsp3) is 0.294. The van der Waals surface area contributed by atoms with E-state index in [1.54, 1.807) is 35.6 Å². The number of anilines is 1. The minimum Gasteiger partial charge on any atom is -0.494 e. The zero-order valence-corrected chi connectivity index (χ0v) is 15.0. The molecule has 1 heterocycles. The van der Waals surface area contributed by atoms with Gasteiger partial charge in [0.1, 0.15) is 5.75 Å². The molecule has 0 fully saturated rings. The van der Waals surface area contributed by atoms with Crippen molar-refractivity contribution in [2.24, 2.45) is 0 Å². The molecule has 2 rings (SSSR count). The van der Waals surface area contributed by atoms with Gasteiger partial charge in [0.15, 0.2) is 6.61 Å². The molecular formula is C17H19NO4S2. The lowest BCUT2D eigenvalue weighted by Gasteiger charge is -2.08. The smallest absolute Gasteiger partial charge is 0.316 e. The molecule has 1 aromatic heterocycles. The van der Waals surface area contributed by atoms with Crippen molar-refractivity contribution in [3.05, 3.63) is 46.7 Å². The van der Waals surface area contributed by atoms with Crippen LogP contribution in [0.1, 0.15) is 11.8 Å². The Kier molecular flexibility index (Phi) is 7.64. The van der Waals surface area contributed by atoms with Gasteiger partial charge in [0.25, 0.3) is 5.91 Å². The second kappa shape index (κ2) is 10.00. The zero-order chi connectivity index (χ0) is 17.2. The van der Waals surface area contributed by atoms with Crippen LogP contribution in [0.15, 0.2) is 41.8 Å². The van der Waals surface area contributed by atoms with E-state index in [9.17, 15) is 9.59 Å². The zero-order valence-electron chi connectivity index (χ0n) is 13.3. The van der Waals surface area contributed by atoms with Gasteiger partial charge in [-0.1, -0.05) is 6.07 Å². The average Bonchev–Trinajstić information content (AvgIpc) is 3.08. The van der Waals surface area contributed by atoms with Crippen LogP contribution in [0.2, 0.25) is 0 Å². The third kappa shape index (κ3) is 6.64. The highest BCUT2D eigenvalue weighted by Gasteiger charge is 2.08. The number of hydrogen-bond donors (Lipinski definition) is 1. The Balaban J connectivity index is 1.63. The van der Waals surface area contributed by atoms with Crippen LogP contribution in [0.5, 0.6) is 5.75 Å². The first kappa shape index (κ1) is 18.4. The van der Waals surface area contributed by atoms with E-state index in [1.807, 2.05) is 24.4 Å². The van der Waals surface area contributed by atoms with E-state index in [1.165, 1.54) is 16.6 Å². The van der Waals surface area contributed by atoms with E-state index in [0.717, 1.165) is 11.5 Å². The lowest BCUT2D eigenvalue weighted by molar-refractivity contribution is -0.144. The van der Waals surface area contributed by atoms with Crippen LogP contribution in [0.25, 0.3) is 0 Å². The number of rotatable bonds is 9. The van der Waals surface area contributed by atoms with Gasteiger partial charge in [-0.05, 0) is 42.6 Å². The summed E-state index contributed by atoms with van der Waals surface area (Å²) in [4.78, 5) is 24.6. The molecular weight excluding hydrogens is 346 g/mol. The van der Waals surface area contributed by atoms with Gasteiger partial charge in [-0.25, -0.2) is 0 Å². The Bertz CT molecular complexity index is 641. The van der Waals surface area contributed by atoms with E-state index in [4.69, 9.17) is 9.47 Å². The molecule has 24 heavy (non-hydrogen) atoms. The molecule has 0 aliphatic heterocycles. The molecule has 0 saturated carbocycles. The normalized spacial score (nSPS) is 10.2. The molecule has 1 amide bonds. The van der Waals surface area contributed by atoms with Gasteiger partial charge in [0, 0.05) is 16.3 Å². The summed E-state index contributed by atoms with van der Waals surface area (Å²) in [6.45, 7) is 2.21. The van der Waals surface area contributed by atoms with Crippen molar-refractivity contribution in [2.75, 3.05) is 24.3 Å². The molecule has 7 heteroatoms. The third-order valence-electron chi connectivity index (χ3n) is 2.86. The van der Waals surface area contributed by atoms with Gasteiger partial charge in [0.2, 0.25) is 0 Å². The van der Waals surface area contributed by atoms with Gasteiger partial charge in [0.05, 0.1) is 12.4 Å². The maximum Gasteiger partial charge on any atom is 0.316 e. The van der Waals surface area contributed by atoms with Crippen LogP contribution in [0, 0.1) is 0 Å². The number of thiophene rings is 1. The van der Waals surface area contributed by atoms with Crippen LogP contribution in [0.4, 0.5) is 5.69 Å². The minimum absolute atomic E-state index is 0.230. The van der Waals surface area contributed by atoms with E-state index >= 15 is 0 Å². The molecule has 1 N–H and O–H groups in total. The van der Waals surface area contributed by atoms with Gasteiger partial charge in [-0.15, -0.1) is 23.1 Å². The summed E-state index contributed by atoms with van der Waals surface area (Å²) in [7, 11) is 0. The number of benzene rings is 1. The summed E-state index contributed by atoms with van der Waals surface area (Å²) >= 11 is 3.12. The fourth-order valence-corrected chi connectivity index (χ4v) is 3.48. The number of esters is 1. The van der Waals surface area contributed by atoms with Gasteiger partial charge in [-0.2, -0.15) is 0 Å². The molecule has 0 radical (unpaired) electrons. The summed E-state index contributed by atoms with van der Waals surface area (Å²) in [5.74, 6) is 0.984. The highest BCUT2D eigenvalue weighted by molar-refractivity contribution is 7.99. The van der Waals surface area contributed by atoms with Crippen LogP contribution in [-0.4, -0.2) is 30.8 Å². The van der Waals surface area contributed by atoms with Crippen molar-refractivity contribution in [3.8, 4) is 5.75 Å². The van der Waals surface area contributed by atoms with E-state index in [0.29, 0.717) is 12.3 Å². The molecule has 0 spiro atoms. The molecule has 0 saturated heterocycles. The lowest BCUT2D eigenvalue weighted by Crippen LogP contribution is -2.21. The molecule has 0 bridgehead atoms. The fourth-order valence-electron chi connectivity index (χ4n) is 1.82. The van der Waals surface area contributed by atoms with Gasteiger partial charge in [-0.3, -0.25) is 9.59 Å². The summed E-state index contributed by atoms with van der Waals surface area (Å²) in [5.41, 5.74) is 0.631. The molecule has 0 aliphatic rings. The number of nitrogens with one attached hydrogen (secondary N) is 1. The number of ether oxygens (including phenoxy) is 2. The highest BCUT2D eigenvalue weighted by atomic mass is 32.2. The monoisotopic (exact) mass is 365 g/mol. The van der Waals surface area contributed by atoms with Crippen LogP contribution in [0.3, 0.4) is 0 Å². The Morgan fingerprint density at radius 2 is 2.00 bits per heavy atom. The molecule has 0 unspecified atom stereocenters. The van der Waals surface area contributed by atoms with Gasteiger partial charge < -0.3 is 14.8 Å². The van der Waals surface area contributed by atoms with Crippen molar-refractivity contribution >= 4 is 40.7 Å². The Morgan fingerprint density at radius 1 is 1.21 bits per heavy atom. The highest BCUT2D eigenvalue weighted by Crippen LogP contribution is 2.17. The number of amides is 1. The Morgan fingerprint density at radius 3 is 2.67 bits per heavy atom. The Labute approximate surface area is 149 Å². The van der Waals surface area contributed by atoms with Crippen LogP contribution < -0.4 is 10.1 Å². The predicted molar refractivity (Wildman–Crippen MR) is 97.7 cm³/mol. The second-order valence-corrected chi connectivity index (χ2v) is 6.76. The topological polar surface area (TPSA) is 64.6 Å². The van der Waals surface area contributed by atoms with Crippen molar-refractivity contribution < 1.29 is 19.1 Å². The third-order valence-corrected chi connectivity index (χ3v) is 4.87. The van der Waals surface area contributed by atoms with Crippen molar-refractivity contribution in [2.45, 2.75) is 12.7 Å². The molecule has 0 aliphatic carbocycles. The number of thioether (sulfide) groups is 1. The first-order valence-corrected chi connectivity index (χ1v) is 9.49. The van der Waals surface area contributed by atoms with Crippen LogP contribution in [-0.2, 0) is 20.1 Å². The summed E-state index contributed by atoms with van der Waals surface area (Å²) in [6.07, 6.45) is 0. The molecule has 5 nitrogen and oxygen atoms in total. The first-order chi connectivity index (χ1) is 11.7.